The molecule has 118 valence electrons. The molecule has 0 aliphatic rings. The molecular formula is C19H26O2Si. The average molecular weight is 315 g/mol. The molecule has 0 amide bonds. The first-order valence-electron chi connectivity index (χ1n) is 7.74. The lowest BCUT2D eigenvalue weighted by atomic mass is 10.0. The maximum atomic E-state index is 10.3. The van der Waals surface area contributed by atoms with E-state index in [0.29, 0.717) is 5.75 Å². The lowest BCUT2D eigenvalue weighted by Gasteiger charge is -2.36. The van der Waals surface area contributed by atoms with Gasteiger partial charge in [-0.1, -0.05) is 57.2 Å². The molecule has 0 aliphatic heterocycles. The van der Waals surface area contributed by atoms with E-state index in [1.165, 1.54) is 5.56 Å². The molecule has 3 heteroatoms. The normalized spacial score (nSPS) is 12.2. The molecule has 0 fully saturated rings. The highest BCUT2D eigenvalue weighted by Crippen LogP contribution is 2.38. The van der Waals surface area contributed by atoms with Crippen molar-refractivity contribution >= 4 is 8.32 Å². The van der Waals surface area contributed by atoms with Gasteiger partial charge in [-0.25, -0.2) is 0 Å². The molecular weight excluding hydrogens is 288 g/mol. The Morgan fingerprint density at radius 3 is 2.18 bits per heavy atom. The van der Waals surface area contributed by atoms with E-state index in [4.69, 9.17) is 4.43 Å². The van der Waals surface area contributed by atoms with E-state index < -0.39 is 8.32 Å². The zero-order chi connectivity index (χ0) is 16.4. The topological polar surface area (TPSA) is 29.5 Å². The molecule has 0 aliphatic carbocycles. The van der Waals surface area contributed by atoms with E-state index in [-0.39, 0.29) is 5.04 Å². The van der Waals surface area contributed by atoms with Crippen LogP contribution in [0.2, 0.25) is 18.1 Å². The van der Waals surface area contributed by atoms with E-state index in [2.05, 4.69) is 46.0 Å². The summed E-state index contributed by atoms with van der Waals surface area (Å²) in [4.78, 5) is 0. The van der Waals surface area contributed by atoms with Crippen LogP contribution in [-0.4, -0.2) is 13.4 Å². The van der Waals surface area contributed by atoms with Gasteiger partial charge in [-0.3, -0.25) is 0 Å². The van der Waals surface area contributed by atoms with Crippen LogP contribution in [0, 0.1) is 0 Å². The maximum absolute atomic E-state index is 10.3. The first-order valence-corrected chi connectivity index (χ1v) is 10.6. The highest BCUT2D eigenvalue weighted by molar-refractivity contribution is 6.74. The number of hydrogen-bond donors (Lipinski definition) is 1. The number of benzene rings is 2. The van der Waals surface area contributed by atoms with Gasteiger partial charge in [-0.15, -0.1) is 0 Å². The summed E-state index contributed by atoms with van der Waals surface area (Å²) in [6.45, 7) is 11.1. The zero-order valence-corrected chi connectivity index (χ0v) is 15.2. The van der Waals surface area contributed by atoms with Crippen molar-refractivity contribution < 1.29 is 9.53 Å². The Balaban J connectivity index is 2.17. The van der Waals surface area contributed by atoms with Crippen molar-refractivity contribution in [2.24, 2.45) is 0 Å². The molecule has 0 spiro atoms. The van der Waals surface area contributed by atoms with Crippen LogP contribution < -0.4 is 4.43 Å². The molecule has 22 heavy (non-hydrogen) atoms. The SMILES string of the molecule is CC(C)(C)[Si](C)(C)Oc1ccc(Cc2ccccc2)c(O)c1. The molecule has 0 radical (unpaired) electrons. The van der Waals surface area contributed by atoms with Crippen LogP contribution in [0.3, 0.4) is 0 Å². The summed E-state index contributed by atoms with van der Waals surface area (Å²) in [5.74, 6) is 1.07. The maximum Gasteiger partial charge on any atom is 0.250 e. The van der Waals surface area contributed by atoms with E-state index in [1.54, 1.807) is 6.07 Å². The van der Waals surface area contributed by atoms with Crippen molar-refractivity contribution in [3.63, 3.8) is 0 Å². The number of phenols is 1. The summed E-state index contributed by atoms with van der Waals surface area (Å²) < 4.78 is 6.23. The summed E-state index contributed by atoms with van der Waals surface area (Å²) in [5.41, 5.74) is 2.12. The minimum absolute atomic E-state index is 0.144. The van der Waals surface area contributed by atoms with Gasteiger partial charge in [0.05, 0.1) is 0 Å². The van der Waals surface area contributed by atoms with Gasteiger partial charge in [0.2, 0.25) is 8.32 Å². The largest absolute Gasteiger partial charge is 0.543 e. The second kappa shape index (κ2) is 6.17. The molecule has 0 heterocycles. The Bertz CT molecular complexity index is 628. The first kappa shape index (κ1) is 16.6. The van der Waals surface area contributed by atoms with Crippen LogP contribution >= 0.6 is 0 Å². The Kier molecular flexibility index (Phi) is 4.66. The number of rotatable bonds is 4. The Morgan fingerprint density at radius 2 is 1.64 bits per heavy atom. The minimum Gasteiger partial charge on any atom is -0.543 e. The molecule has 2 aromatic rings. The molecule has 2 rings (SSSR count). The number of phenolic OH excluding ortho intramolecular Hbond substituents is 1. The highest BCUT2D eigenvalue weighted by atomic mass is 28.4. The molecule has 0 saturated carbocycles. The molecule has 2 nitrogen and oxygen atoms in total. The average Bonchev–Trinajstić information content (AvgIpc) is 2.41. The third kappa shape index (κ3) is 3.92. The summed E-state index contributed by atoms with van der Waals surface area (Å²) in [6, 6.07) is 15.9. The van der Waals surface area contributed by atoms with Crippen molar-refractivity contribution in [2.75, 3.05) is 0 Å². The summed E-state index contributed by atoms with van der Waals surface area (Å²) in [5, 5.41) is 10.4. The fourth-order valence-electron chi connectivity index (χ4n) is 2.02. The van der Waals surface area contributed by atoms with Gasteiger partial charge >= 0.3 is 0 Å². The van der Waals surface area contributed by atoms with E-state index in [0.717, 1.165) is 17.7 Å². The third-order valence-corrected chi connectivity index (χ3v) is 8.83. The number of aromatic hydroxyl groups is 1. The summed E-state index contributed by atoms with van der Waals surface area (Å²) >= 11 is 0. The summed E-state index contributed by atoms with van der Waals surface area (Å²) in [7, 11) is -1.87. The summed E-state index contributed by atoms with van der Waals surface area (Å²) in [6.07, 6.45) is 0.729. The van der Waals surface area contributed by atoms with Crippen LogP contribution in [0.5, 0.6) is 11.5 Å². The molecule has 0 aromatic heterocycles. The molecule has 0 unspecified atom stereocenters. The predicted octanol–water partition coefficient (Wildman–Crippen LogP) is 5.37. The minimum atomic E-state index is -1.87. The van der Waals surface area contributed by atoms with Gasteiger partial charge in [-0.2, -0.15) is 0 Å². The Hall–Kier alpha value is -1.74. The molecule has 1 N–H and O–H groups in total. The van der Waals surface area contributed by atoms with Crippen molar-refractivity contribution in [1.29, 1.82) is 0 Å². The van der Waals surface area contributed by atoms with Crippen molar-refractivity contribution in [3.05, 3.63) is 59.7 Å². The molecule has 2 aromatic carbocycles. The van der Waals surface area contributed by atoms with Crippen LogP contribution in [0.4, 0.5) is 0 Å². The lowest BCUT2D eigenvalue weighted by molar-refractivity contribution is 0.456. The van der Waals surface area contributed by atoms with E-state index in [1.807, 2.05) is 30.3 Å². The smallest absolute Gasteiger partial charge is 0.250 e. The second-order valence-corrected chi connectivity index (χ2v) is 12.0. The van der Waals surface area contributed by atoms with E-state index >= 15 is 0 Å². The Morgan fingerprint density at radius 1 is 1.00 bits per heavy atom. The Labute approximate surface area is 134 Å². The van der Waals surface area contributed by atoms with Crippen LogP contribution in [0.25, 0.3) is 0 Å². The fraction of sp³-hybridized carbons (Fsp3) is 0.368. The van der Waals surface area contributed by atoms with E-state index in [9.17, 15) is 5.11 Å². The zero-order valence-electron chi connectivity index (χ0n) is 14.2. The molecule has 0 atom stereocenters. The van der Waals surface area contributed by atoms with Gasteiger partial charge in [0.25, 0.3) is 0 Å². The predicted molar refractivity (Wildman–Crippen MR) is 95.2 cm³/mol. The first-order chi connectivity index (χ1) is 10.2. The standard InChI is InChI=1S/C19H26O2Si/c1-19(2,3)22(4,5)21-17-12-11-16(18(20)14-17)13-15-9-7-6-8-10-15/h6-12,14,20H,13H2,1-5H3. The van der Waals surface area contributed by atoms with Crippen LogP contribution in [0.1, 0.15) is 31.9 Å². The van der Waals surface area contributed by atoms with Crippen LogP contribution in [-0.2, 0) is 6.42 Å². The van der Waals surface area contributed by atoms with Crippen molar-refractivity contribution in [2.45, 2.75) is 45.3 Å². The number of hydrogen-bond acceptors (Lipinski definition) is 2. The quantitative estimate of drug-likeness (QED) is 0.769. The highest BCUT2D eigenvalue weighted by Gasteiger charge is 2.39. The van der Waals surface area contributed by atoms with Gasteiger partial charge in [-0.05, 0) is 35.3 Å². The van der Waals surface area contributed by atoms with Crippen molar-refractivity contribution in [3.8, 4) is 11.5 Å². The van der Waals surface area contributed by atoms with Gasteiger partial charge in [0.15, 0.2) is 0 Å². The molecule has 0 saturated heterocycles. The lowest BCUT2D eigenvalue weighted by Crippen LogP contribution is -2.43. The fourth-order valence-corrected chi connectivity index (χ4v) is 3.04. The monoisotopic (exact) mass is 314 g/mol. The third-order valence-electron chi connectivity index (χ3n) is 4.47. The molecule has 0 bridgehead atoms. The van der Waals surface area contributed by atoms with Crippen LogP contribution in [0.15, 0.2) is 48.5 Å². The second-order valence-electron chi connectivity index (χ2n) is 7.32. The van der Waals surface area contributed by atoms with Gasteiger partial charge in [0, 0.05) is 12.5 Å². The van der Waals surface area contributed by atoms with Crippen molar-refractivity contribution in [1.82, 2.24) is 0 Å². The van der Waals surface area contributed by atoms with Gasteiger partial charge < -0.3 is 9.53 Å². The van der Waals surface area contributed by atoms with Gasteiger partial charge in [0.1, 0.15) is 11.5 Å².